The van der Waals surface area contributed by atoms with Gasteiger partial charge in [0, 0.05) is 11.8 Å². The first-order valence-corrected chi connectivity index (χ1v) is 17.4. The van der Waals surface area contributed by atoms with Gasteiger partial charge in [0.15, 0.2) is 5.79 Å². The Morgan fingerprint density at radius 3 is 1.65 bits per heavy atom. The maximum Gasteiger partial charge on any atom is 0.175 e. The Morgan fingerprint density at radius 2 is 1.19 bits per heavy atom. The van der Waals surface area contributed by atoms with Crippen LogP contribution in [0.5, 0.6) is 5.75 Å². The lowest BCUT2D eigenvalue weighted by atomic mass is 9.68. The van der Waals surface area contributed by atoms with Crippen LogP contribution in [-0.4, -0.2) is 56.1 Å². The summed E-state index contributed by atoms with van der Waals surface area (Å²) in [5.41, 5.74) is 3.09. The van der Waals surface area contributed by atoms with E-state index in [1.807, 2.05) is 60.7 Å². The molecule has 1 spiro atoms. The third-order valence-electron chi connectivity index (χ3n) is 12.0. The van der Waals surface area contributed by atoms with Crippen molar-refractivity contribution in [1.82, 2.24) is 0 Å². The summed E-state index contributed by atoms with van der Waals surface area (Å²) < 4.78 is 47.3. The third kappa shape index (κ3) is 5.93. The highest BCUT2D eigenvalue weighted by atomic mass is 16.8. The zero-order valence-electron chi connectivity index (χ0n) is 28.7. The molecule has 3 saturated carbocycles. The van der Waals surface area contributed by atoms with Crippen LogP contribution >= 0.6 is 0 Å². The fourth-order valence-electron chi connectivity index (χ4n) is 8.78. The molecular weight excluding hydrogens is 604 g/mol. The van der Waals surface area contributed by atoms with E-state index in [9.17, 15) is 0 Å². The maximum absolute atomic E-state index is 7.32. The smallest absolute Gasteiger partial charge is 0.175 e. The summed E-state index contributed by atoms with van der Waals surface area (Å²) in [6.07, 6.45) is 2.06. The monoisotopic (exact) mass is 654 g/mol. The van der Waals surface area contributed by atoms with Crippen LogP contribution in [0.3, 0.4) is 0 Å². The summed E-state index contributed by atoms with van der Waals surface area (Å²) >= 11 is 0. The predicted octanol–water partition coefficient (Wildman–Crippen LogP) is 7.66. The van der Waals surface area contributed by atoms with Gasteiger partial charge in [-0.15, -0.1) is 6.58 Å². The summed E-state index contributed by atoms with van der Waals surface area (Å²) in [4.78, 5) is 0. The van der Waals surface area contributed by atoms with Gasteiger partial charge in [-0.3, -0.25) is 0 Å². The van der Waals surface area contributed by atoms with Gasteiger partial charge in [-0.05, 0) is 53.0 Å². The zero-order valence-corrected chi connectivity index (χ0v) is 28.7. The van der Waals surface area contributed by atoms with Crippen molar-refractivity contribution >= 4 is 0 Å². The van der Waals surface area contributed by atoms with E-state index in [0.717, 1.165) is 35.3 Å². The van der Waals surface area contributed by atoms with Crippen LogP contribution < -0.4 is 4.74 Å². The van der Waals surface area contributed by atoms with Gasteiger partial charge in [-0.1, -0.05) is 99.6 Å². The van der Waals surface area contributed by atoms with Crippen LogP contribution in [0.4, 0.5) is 0 Å². The second kappa shape index (κ2) is 13.7. The lowest BCUT2D eigenvalue weighted by molar-refractivity contribution is -0.259. The highest BCUT2D eigenvalue weighted by molar-refractivity contribution is 5.27. The maximum atomic E-state index is 7.32. The Hall–Kier alpha value is -3.04. The van der Waals surface area contributed by atoms with Crippen molar-refractivity contribution in [3.63, 3.8) is 0 Å². The summed E-state index contributed by atoms with van der Waals surface area (Å²) in [7, 11) is 1.67. The van der Waals surface area contributed by atoms with Crippen LogP contribution in [0.25, 0.3) is 0 Å². The molecule has 7 rings (SSSR count). The van der Waals surface area contributed by atoms with Gasteiger partial charge in [0.25, 0.3) is 0 Å². The van der Waals surface area contributed by atoms with Crippen molar-refractivity contribution in [2.75, 3.05) is 13.7 Å². The molecule has 48 heavy (non-hydrogen) atoms. The first-order chi connectivity index (χ1) is 23.3. The van der Waals surface area contributed by atoms with Gasteiger partial charge < -0.3 is 33.2 Å². The molecule has 1 saturated heterocycles. The molecule has 0 radical (unpaired) electrons. The molecule has 7 nitrogen and oxygen atoms in total. The zero-order chi connectivity index (χ0) is 33.4. The minimum Gasteiger partial charge on any atom is -0.497 e. The van der Waals surface area contributed by atoms with Crippen molar-refractivity contribution in [1.29, 1.82) is 0 Å². The second-order valence-electron chi connectivity index (χ2n) is 14.6. The second-order valence-corrected chi connectivity index (χ2v) is 14.6. The highest BCUT2D eigenvalue weighted by Crippen LogP contribution is 2.73. The fraction of sp³-hybridized carbons (Fsp3) is 0.512. The first kappa shape index (κ1) is 33.5. The van der Waals surface area contributed by atoms with Crippen molar-refractivity contribution in [2.45, 2.75) is 102 Å². The number of benzene rings is 3. The molecule has 4 aliphatic rings. The topological polar surface area (TPSA) is 64.6 Å². The van der Waals surface area contributed by atoms with E-state index in [1.165, 1.54) is 6.42 Å². The molecule has 3 aromatic carbocycles. The minimum absolute atomic E-state index is 0.0752. The van der Waals surface area contributed by atoms with Crippen molar-refractivity contribution in [3.8, 4) is 5.75 Å². The standard InChI is InChI=1S/C41H50O7/c1-6-23-43-35-33(44-25-28-13-9-7-10-14-28)34(45-27-30-17-19-32(42-5)20-18-30)36(46-26-29-15-11-8-12-16-29)38-37(35)47-41(48-38)24-31-21-22-40(41,4)39(31,2)3/h6-20,31,33-38H,1,21-27H2,2-5H3/t31-,33+,34+,35-,36+,37-,38+,40-,41-/m0/s1. The molecule has 1 heterocycles. The SMILES string of the molecule is C=CCO[C@H]1[C@H](OCc2ccccc2)[C@@H](OCc2ccc(OC)cc2)[C@@H](OCc2ccccc2)[C@H]2O[C@]3(C[C@@H]4CC[C@@]3(C)C4(C)C)O[C@@H]12. The fourth-order valence-corrected chi connectivity index (χ4v) is 8.78. The van der Waals surface area contributed by atoms with Crippen LogP contribution in [0.15, 0.2) is 97.6 Å². The average Bonchev–Trinajstić information content (AvgIpc) is 3.65. The van der Waals surface area contributed by atoms with Gasteiger partial charge in [0.2, 0.25) is 0 Å². The normalized spacial score (nSPS) is 34.7. The lowest BCUT2D eigenvalue weighted by Crippen LogP contribution is -2.65. The Balaban J connectivity index is 1.27. The highest BCUT2D eigenvalue weighted by Gasteiger charge is 2.76. The van der Waals surface area contributed by atoms with Gasteiger partial charge in [0.1, 0.15) is 42.4 Å². The molecule has 0 N–H and O–H groups in total. The average molecular weight is 655 g/mol. The molecule has 7 heteroatoms. The Labute approximate surface area is 285 Å². The molecule has 0 unspecified atom stereocenters. The summed E-state index contributed by atoms with van der Waals surface area (Å²) in [5.74, 6) is 0.578. The number of methoxy groups -OCH3 is 1. The van der Waals surface area contributed by atoms with Crippen LogP contribution in [-0.2, 0) is 48.2 Å². The number of ether oxygens (including phenoxy) is 7. The van der Waals surface area contributed by atoms with Crippen molar-refractivity contribution in [2.24, 2.45) is 16.7 Å². The number of hydrogen-bond donors (Lipinski definition) is 0. The first-order valence-electron chi connectivity index (χ1n) is 17.4. The summed E-state index contributed by atoms with van der Waals surface area (Å²) in [6.45, 7) is 12.6. The van der Waals surface area contributed by atoms with E-state index < -0.39 is 42.4 Å². The van der Waals surface area contributed by atoms with E-state index in [2.05, 4.69) is 51.6 Å². The van der Waals surface area contributed by atoms with Crippen LogP contribution in [0.1, 0.15) is 56.7 Å². The molecule has 3 aromatic rings. The van der Waals surface area contributed by atoms with Crippen LogP contribution in [0, 0.1) is 16.7 Å². The third-order valence-corrected chi connectivity index (χ3v) is 12.0. The molecule has 1 aliphatic heterocycles. The molecule has 3 aliphatic carbocycles. The molecule has 0 aromatic heterocycles. The lowest BCUT2D eigenvalue weighted by Gasteiger charge is -2.46. The quantitative estimate of drug-likeness (QED) is 0.175. The minimum atomic E-state index is -0.742. The Kier molecular flexibility index (Phi) is 9.55. The summed E-state index contributed by atoms with van der Waals surface area (Å²) in [5, 5.41) is 0. The molecule has 4 fully saturated rings. The molecule has 9 atom stereocenters. The summed E-state index contributed by atoms with van der Waals surface area (Å²) in [6, 6.07) is 28.4. The molecule has 256 valence electrons. The van der Waals surface area contributed by atoms with Crippen molar-refractivity contribution in [3.05, 3.63) is 114 Å². The Bertz CT molecular complexity index is 1510. The van der Waals surface area contributed by atoms with E-state index in [4.69, 9.17) is 33.2 Å². The predicted molar refractivity (Wildman–Crippen MR) is 183 cm³/mol. The van der Waals surface area contributed by atoms with E-state index in [-0.39, 0.29) is 10.8 Å². The van der Waals surface area contributed by atoms with E-state index in [0.29, 0.717) is 32.3 Å². The largest absolute Gasteiger partial charge is 0.497 e. The van der Waals surface area contributed by atoms with Crippen molar-refractivity contribution < 1.29 is 33.2 Å². The van der Waals surface area contributed by atoms with Gasteiger partial charge in [-0.2, -0.15) is 0 Å². The van der Waals surface area contributed by atoms with Gasteiger partial charge in [-0.25, -0.2) is 0 Å². The van der Waals surface area contributed by atoms with Crippen LogP contribution in [0.2, 0.25) is 0 Å². The van der Waals surface area contributed by atoms with Gasteiger partial charge >= 0.3 is 0 Å². The molecule has 0 amide bonds. The van der Waals surface area contributed by atoms with E-state index >= 15 is 0 Å². The van der Waals surface area contributed by atoms with E-state index in [1.54, 1.807) is 13.2 Å². The molecular formula is C41H50O7. The van der Waals surface area contributed by atoms with Gasteiger partial charge in [0.05, 0.1) is 33.5 Å². The molecule has 2 bridgehead atoms. The number of hydrogen-bond acceptors (Lipinski definition) is 7. The number of fused-ring (bicyclic) bond motifs is 4. The Morgan fingerprint density at radius 1 is 0.688 bits per heavy atom. The number of rotatable bonds is 13.